The van der Waals surface area contributed by atoms with Crippen molar-refractivity contribution in [3.8, 4) is 67.4 Å². The van der Waals surface area contributed by atoms with E-state index in [1.54, 1.807) is 0 Å². The minimum Gasteiger partial charge on any atom is -0.247 e. The van der Waals surface area contributed by atoms with Gasteiger partial charge in [-0.15, -0.1) is 11.3 Å². The molecule has 7 aromatic carbocycles. The van der Waals surface area contributed by atoms with Gasteiger partial charge in [0.25, 0.3) is 0 Å². The highest BCUT2D eigenvalue weighted by Crippen LogP contribution is 2.43. The Morgan fingerprint density at radius 1 is 0.340 bits per heavy atom. The van der Waals surface area contributed by atoms with Crippen molar-refractivity contribution in [2.24, 2.45) is 0 Å². The fourth-order valence-electron chi connectivity index (χ4n) is 7.23. The molecule has 3 heterocycles. The molecule has 4 heteroatoms. The van der Waals surface area contributed by atoms with Crippen LogP contribution in [0.4, 0.5) is 0 Å². The van der Waals surface area contributed by atoms with E-state index in [2.05, 4.69) is 152 Å². The summed E-state index contributed by atoms with van der Waals surface area (Å²) in [5.74, 6) is 0.705. The zero-order chi connectivity index (χ0) is 35.1. The average Bonchev–Trinajstić information content (AvgIpc) is 3.64. The SMILES string of the molecule is c1ccc(-c2cc(-c3ccccc3)nc(-c3ccc(-c4cccc(-c5ccc6c(c5)nc(-c5ccccc5)c5c7ccccc7sc65)c4)cc3)n2)cc1. The van der Waals surface area contributed by atoms with Crippen LogP contribution in [0.15, 0.2) is 188 Å². The summed E-state index contributed by atoms with van der Waals surface area (Å²) >= 11 is 1.85. The van der Waals surface area contributed by atoms with Gasteiger partial charge in [-0.3, -0.25) is 0 Å². The summed E-state index contributed by atoms with van der Waals surface area (Å²) in [5, 5.41) is 3.68. The molecule has 10 rings (SSSR count). The Kier molecular flexibility index (Phi) is 7.67. The predicted molar refractivity (Wildman–Crippen MR) is 223 cm³/mol. The maximum absolute atomic E-state index is 5.35. The lowest BCUT2D eigenvalue weighted by atomic mass is 9.97. The van der Waals surface area contributed by atoms with E-state index in [9.17, 15) is 0 Å². The summed E-state index contributed by atoms with van der Waals surface area (Å²) in [6.45, 7) is 0. The van der Waals surface area contributed by atoms with Crippen molar-refractivity contribution < 1.29 is 0 Å². The van der Waals surface area contributed by atoms with Crippen LogP contribution < -0.4 is 0 Å². The van der Waals surface area contributed by atoms with Crippen LogP contribution in [-0.2, 0) is 0 Å². The first-order valence-corrected chi connectivity index (χ1v) is 18.6. The number of fused-ring (bicyclic) bond motifs is 5. The lowest BCUT2D eigenvalue weighted by Gasteiger charge is -2.11. The fourth-order valence-corrected chi connectivity index (χ4v) is 8.47. The van der Waals surface area contributed by atoms with Crippen LogP contribution in [0, 0.1) is 0 Å². The van der Waals surface area contributed by atoms with Crippen LogP contribution in [0.25, 0.3) is 98.5 Å². The zero-order valence-corrected chi connectivity index (χ0v) is 29.5. The van der Waals surface area contributed by atoms with Crippen molar-refractivity contribution in [3.63, 3.8) is 0 Å². The highest BCUT2D eigenvalue weighted by Gasteiger charge is 2.17. The average molecular weight is 694 g/mol. The van der Waals surface area contributed by atoms with Gasteiger partial charge in [0, 0.05) is 47.8 Å². The standard InChI is InChI=1S/C49H31N3S/c1-4-13-33(14-5-1)42-31-43(34-15-6-2-7-16-34)52-49(51-42)36-25-23-32(24-26-36)37-19-12-20-38(29-37)39-27-28-40-44(30-39)50-47(35-17-8-3-9-18-35)46-41-21-10-11-22-45(41)53-48(40)46/h1-31H. The lowest BCUT2D eigenvalue weighted by Crippen LogP contribution is -1.95. The number of thiophene rings is 1. The molecule has 3 nitrogen and oxygen atoms in total. The number of benzene rings is 7. The smallest absolute Gasteiger partial charge is 0.160 e. The van der Waals surface area contributed by atoms with Gasteiger partial charge in [0.1, 0.15) is 0 Å². The van der Waals surface area contributed by atoms with Crippen molar-refractivity contribution >= 4 is 42.4 Å². The Hall–Kier alpha value is -6.75. The summed E-state index contributed by atoms with van der Waals surface area (Å²) < 4.78 is 2.56. The third-order valence-electron chi connectivity index (χ3n) is 9.89. The molecular formula is C49H31N3S. The summed E-state index contributed by atoms with van der Waals surface area (Å²) in [5.41, 5.74) is 12.7. The molecule has 0 aliphatic heterocycles. The molecule has 0 bridgehead atoms. The van der Waals surface area contributed by atoms with Gasteiger partial charge in [-0.2, -0.15) is 0 Å². The van der Waals surface area contributed by atoms with Crippen molar-refractivity contribution in [3.05, 3.63) is 188 Å². The molecule has 0 amide bonds. The first-order valence-electron chi connectivity index (χ1n) is 17.8. The summed E-state index contributed by atoms with van der Waals surface area (Å²) in [6, 6.07) is 66.0. The monoisotopic (exact) mass is 693 g/mol. The largest absolute Gasteiger partial charge is 0.247 e. The molecule has 0 saturated heterocycles. The Labute approximate surface area is 311 Å². The van der Waals surface area contributed by atoms with Gasteiger partial charge in [0.2, 0.25) is 0 Å². The number of pyridine rings is 1. The molecule has 248 valence electrons. The molecule has 0 atom stereocenters. The van der Waals surface area contributed by atoms with Gasteiger partial charge in [-0.1, -0.05) is 164 Å². The zero-order valence-electron chi connectivity index (χ0n) is 28.6. The highest BCUT2D eigenvalue weighted by molar-refractivity contribution is 7.26. The first-order chi connectivity index (χ1) is 26.2. The Morgan fingerprint density at radius 2 is 0.868 bits per heavy atom. The minimum absolute atomic E-state index is 0.705. The third-order valence-corrected chi connectivity index (χ3v) is 11.1. The molecule has 0 radical (unpaired) electrons. The molecule has 0 aliphatic carbocycles. The Bertz CT molecular complexity index is 2860. The van der Waals surface area contributed by atoms with E-state index in [0.717, 1.165) is 67.1 Å². The Balaban J connectivity index is 1.02. The summed E-state index contributed by atoms with van der Waals surface area (Å²) in [7, 11) is 0. The van der Waals surface area contributed by atoms with Crippen LogP contribution in [0.5, 0.6) is 0 Å². The van der Waals surface area contributed by atoms with Gasteiger partial charge in [0.05, 0.1) is 22.6 Å². The second-order valence-electron chi connectivity index (χ2n) is 13.2. The topological polar surface area (TPSA) is 38.7 Å². The van der Waals surface area contributed by atoms with E-state index < -0.39 is 0 Å². The second kappa shape index (κ2) is 13.1. The predicted octanol–water partition coefficient (Wildman–Crippen LogP) is 13.4. The van der Waals surface area contributed by atoms with Gasteiger partial charge in [-0.05, 0) is 46.5 Å². The van der Waals surface area contributed by atoms with Crippen molar-refractivity contribution in [2.45, 2.75) is 0 Å². The van der Waals surface area contributed by atoms with E-state index in [1.165, 1.54) is 25.6 Å². The molecule has 0 unspecified atom stereocenters. The van der Waals surface area contributed by atoms with Gasteiger partial charge in [-0.25, -0.2) is 15.0 Å². The van der Waals surface area contributed by atoms with E-state index in [-0.39, 0.29) is 0 Å². The van der Waals surface area contributed by atoms with Gasteiger partial charge >= 0.3 is 0 Å². The van der Waals surface area contributed by atoms with Crippen molar-refractivity contribution in [1.29, 1.82) is 0 Å². The van der Waals surface area contributed by atoms with Crippen LogP contribution >= 0.6 is 11.3 Å². The highest BCUT2D eigenvalue weighted by atomic mass is 32.1. The normalized spacial score (nSPS) is 11.4. The van der Waals surface area contributed by atoms with Crippen molar-refractivity contribution in [1.82, 2.24) is 15.0 Å². The van der Waals surface area contributed by atoms with E-state index in [4.69, 9.17) is 15.0 Å². The van der Waals surface area contributed by atoms with E-state index in [0.29, 0.717) is 5.82 Å². The quantitative estimate of drug-likeness (QED) is 0.174. The number of hydrogen-bond donors (Lipinski definition) is 0. The minimum atomic E-state index is 0.705. The molecule has 0 saturated carbocycles. The number of hydrogen-bond acceptors (Lipinski definition) is 4. The molecular weight excluding hydrogens is 663 g/mol. The number of rotatable bonds is 6. The van der Waals surface area contributed by atoms with Crippen molar-refractivity contribution in [2.75, 3.05) is 0 Å². The maximum atomic E-state index is 5.35. The maximum Gasteiger partial charge on any atom is 0.160 e. The molecule has 3 aromatic heterocycles. The van der Waals surface area contributed by atoms with Gasteiger partial charge in [0.15, 0.2) is 5.82 Å². The second-order valence-corrected chi connectivity index (χ2v) is 14.3. The third kappa shape index (κ3) is 5.76. The van der Waals surface area contributed by atoms with E-state index >= 15 is 0 Å². The first kappa shape index (κ1) is 31.0. The summed E-state index contributed by atoms with van der Waals surface area (Å²) in [4.78, 5) is 15.4. The number of nitrogens with zero attached hydrogens (tertiary/aromatic N) is 3. The van der Waals surface area contributed by atoms with Crippen LogP contribution in [0.1, 0.15) is 0 Å². The van der Waals surface area contributed by atoms with Crippen LogP contribution in [-0.4, -0.2) is 15.0 Å². The van der Waals surface area contributed by atoms with Crippen LogP contribution in [0.2, 0.25) is 0 Å². The molecule has 53 heavy (non-hydrogen) atoms. The molecule has 0 N–H and O–H groups in total. The number of aromatic nitrogens is 3. The molecule has 0 aliphatic rings. The summed E-state index contributed by atoms with van der Waals surface area (Å²) in [6.07, 6.45) is 0. The van der Waals surface area contributed by atoms with Crippen LogP contribution in [0.3, 0.4) is 0 Å². The fraction of sp³-hybridized carbons (Fsp3) is 0. The molecule has 0 fully saturated rings. The lowest BCUT2D eigenvalue weighted by molar-refractivity contribution is 1.18. The molecule has 0 spiro atoms. The van der Waals surface area contributed by atoms with Gasteiger partial charge < -0.3 is 0 Å². The van der Waals surface area contributed by atoms with E-state index in [1.807, 2.05) is 47.7 Å². The Morgan fingerprint density at radius 3 is 1.55 bits per heavy atom. The molecule has 10 aromatic rings.